The van der Waals surface area contributed by atoms with Gasteiger partial charge in [0.2, 0.25) is 10.0 Å². The first-order chi connectivity index (χ1) is 12.3. The Kier molecular flexibility index (Phi) is 6.42. The van der Waals surface area contributed by atoms with E-state index < -0.39 is 10.0 Å². The standard InChI is InChI=1S/C21H34N2O3S/c1-16-10-11-17(27(25,26)23-12-8-7-9-13-23)14-18(16)19(24)22-21(5,6)15-20(2,3)4/h10-11,14H,7-9,12-13,15H2,1-6H3,(H,22,24). The number of nitrogens with one attached hydrogen (secondary N) is 1. The predicted octanol–water partition coefficient (Wildman–Crippen LogP) is 4.11. The molecule has 1 fully saturated rings. The third-order valence-corrected chi connectivity index (χ3v) is 6.73. The van der Waals surface area contributed by atoms with Crippen LogP contribution in [0.15, 0.2) is 23.1 Å². The number of hydrogen-bond donors (Lipinski definition) is 1. The molecule has 27 heavy (non-hydrogen) atoms. The van der Waals surface area contributed by atoms with Gasteiger partial charge in [-0.25, -0.2) is 8.42 Å². The van der Waals surface area contributed by atoms with Gasteiger partial charge in [-0.15, -0.1) is 0 Å². The summed E-state index contributed by atoms with van der Waals surface area (Å²) in [6, 6.07) is 4.86. The molecule has 1 aliphatic heterocycles. The van der Waals surface area contributed by atoms with E-state index in [-0.39, 0.29) is 21.8 Å². The molecule has 1 amide bonds. The lowest BCUT2D eigenvalue weighted by Crippen LogP contribution is -2.46. The quantitative estimate of drug-likeness (QED) is 0.817. The van der Waals surface area contributed by atoms with Gasteiger partial charge in [0.25, 0.3) is 5.91 Å². The molecule has 0 atom stereocenters. The second kappa shape index (κ2) is 7.92. The maximum absolute atomic E-state index is 12.9. The van der Waals surface area contributed by atoms with Gasteiger partial charge in [-0.3, -0.25) is 4.79 Å². The van der Waals surface area contributed by atoms with Gasteiger partial charge in [-0.2, -0.15) is 4.31 Å². The summed E-state index contributed by atoms with van der Waals surface area (Å²) in [7, 11) is -3.55. The molecule has 152 valence electrons. The molecule has 1 aromatic rings. The number of amides is 1. The smallest absolute Gasteiger partial charge is 0.252 e. The van der Waals surface area contributed by atoms with Gasteiger partial charge in [0.05, 0.1) is 4.90 Å². The Morgan fingerprint density at radius 3 is 2.22 bits per heavy atom. The van der Waals surface area contributed by atoms with Crippen molar-refractivity contribution in [2.24, 2.45) is 5.41 Å². The first kappa shape index (κ1) is 21.9. The van der Waals surface area contributed by atoms with Crippen LogP contribution in [0, 0.1) is 12.3 Å². The molecule has 0 saturated carbocycles. The Hall–Kier alpha value is -1.40. The molecular weight excluding hydrogens is 360 g/mol. The van der Waals surface area contributed by atoms with Crippen LogP contribution < -0.4 is 5.32 Å². The minimum absolute atomic E-state index is 0.0747. The summed E-state index contributed by atoms with van der Waals surface area (Å²) in [4.78, 5) is 13.1. The van der Waals surface area contributed by atoms with Crippen molar-refractivity contribution in [3.05, 3.63) is 29.3 Å². The SMILES string of the molecule is Cc1ccc(S(=O)(=O)N2CCCCC2)cc1C(=O)NC(C)(C)CC(C)(C)C. The zero-order valence-corrected chi connectivity index (χ0v) is 18.4. The van der Waals surface area contributed by atoms with Crippen molar-refractivity contribution in [3.63, 3.8) is 0 Å². The fourth-order valence-electron chi connectivity index (χ4n) is 4.01. The maximum Gasteiger partial charge on any atom is 0.252 e. The van der Waals surface area contributed by atoms with Gasteiger partial charge >= 0.3 is 0 Å². The highest BCUT2D eigenvalue weighted by molar-refractivity contribution is 7.89. The molecule has 1 N–H and O–H groups in total. The lowest BCUT2D eigenvalue weighted by Gasteiger charge is -2.33. The molecule has 1 heterocycles. The van der Waals surface area contributed by atoms with E-state index in [9.17, 15) is 13.2 Å². The molecule has 1 aliphatic rings. The molecule has 0 spiro atoms. The van der Waals surface area contributed by atoms with Gasteiger partial charge < -0.3 is 5.32 Å². The van der Waals surface area contributed by atoms with E-state index in [4.69, 9.17) is 0 Å². The topological polar surface area (TPSA) is 66.5 Å². The highest BCUT2D eigenvalue weighted by Crippen LogP contribution is 2.28. The highest BCUT2D eigenvalue weighted by atomic mass is 32.2. The maximum atomic E-state index is 12.9. The third-order valence-electron chi connectivity index (χ3n) is 4.83. The minimum atomic E-state index is -3.55. The van der Waals surface area contributed by atoms with Crippen LogP contribution in [0.25, 0.3) is 0 Å². The molecule has 0 aromatic heterocycles. The molecule has 2 rings (SSSR count). The van der Waals surface area contributed by atoms with Gasteiger partial charge in [0.15, 0.2) is 0 Å². The monoisotopic (exact) mass is 394 g/mol. The van der Waals surface area contributed by atoms with Crippen LogP contribution in [-0.2, 0) is 10.0 Å². The molecule has 1 aromatic carbocycles. The van der Waals surface area contributed by atoms with Crippen molar-refractivity contribution in [3.8, 4) is 0 Å². The van der Waals surface area contributed by atoms with E-state index in [1.165, 1.54) is 10.4 Å². The van der Waals surface area contributed by atoms with E-state index in [1.807, 2.05) is 20.8 Å². The Balaban J connectivity index is 2.27. The average Bonchev–Trinajstić information content (AvgIpc) is 2.53. The minimum Gasteiger partial charge on any atom is -0.347 e. The summed E-state index contributed by atoms with van der Waals surface area (Å²) >= 11 is 0. The van der Waals surface area contributed by atoms with Crippen LogP contribution in [-0.4, -0.2) is 37.3 Å². The van der Waals surface area contributed by atoms with E-state index in [0.29, 0.717) is 18.7 Å². The van der Waals surface area contributed by atoms with Crippen LogP contribution >= 0.6 is 0 Å². The molecule has 0 unspecified atom stereocenters. The Morgan fingerprint density at radius 1 is 1.07 bits per heavy atom. The molecule has 0 bridgehead atoms. The highest BCUT2D eigenvalue weighted by Gasteiger charge is 2.30. The fraction of sp³-hybridized carbons (Fsp3) is 0.667. The summed E-state index contributed by atoms with van der Waals surface area (Å²) in [6.07, 6.45) is 3.66. The summed E-state index contributed by atoms with van der Waals surface area (Å²) in [5, 5.41) is 3.08. The van der Waals surface area contributed by atoms with Gasteiger partial charge in [0, 0.05) is 24.2 Å². The number of sulfonamides is 1. The number of aryl methyl sites for hydroxylation is 1. The fourth-order valence-corrected chi connectivity index (χ4v) is 5.55. The lowest BCUT2D eigenvalue weighted by molar-refractivity contribution is 0.0890. The van der Waals surface area contributed by atoms with Crippen molar-refractivity contribution in [2.75, 3.05) is 13.1 Å². The summed E-state index contributed by atoms with van der Waals surface area (Å²) in [5.74, 6) is -0.225. The zero-order valence-electron chi connectivity index (χ0n) is 17.6. The number of benzene rings is 1. The third kappa shape index (κ3) is 5.79. The van der Waals surface area contributed by atoms with Gasteiger partial charge in [0.1, 0.15) is 0 Å². The normalized spacial score (nSPS) is 17.0. The summed E-state index contributed by atoms with van der Waals surface area (Å²) in [6.45, 7) is 13.4. The number of nitrogens with zero attached hydrogens (tertiary/aromatic N) is 1. The Morgan fingerprint density at radius 2 is 1.67 bits per heavy atom. The number of piperidine rings is 1. The molecule has 0 radical (unpaired) electrons. The first-order valence-electron chi connectivity index (χ1n) is 9.75. The largest absolute Gasteiger partial charge is 0.347 e. The van der Waals surface area contributed by atoms with Gasteiger partial charge in [-0.1, -0.05) is 33.3 Å². The number of hydrogen-bond acceptors (Lipinski definition) is 3. The van der Waals surface area contributed by atoms with Crippen LogP contribution in [0.4, 0.5) is 0 Å². The van der Waals surface area contributed by atoms with Crippen LogP contribution in [0.1, 0.15) is 76.2 Å². The van der Waals surface area contributed by atoms with E-state index in [1.54, 1.807) is 12.1 Å². The molecular formula is C21H34N2O3S. The Labute approximate surface area is 164 Å². The van der Waals surface area contributed by atoms with Gasteiger partial charge in [-0.05, 0) is 63.1 Å². The van der Waals surface area contributed by atoms with Crippen molar-refractivity contribution in [1.29, 1.82) is 0 Å². The molecule has 5 nitrogen and oxygen atoms in total. The van der Waals surface area contributed by atoms with Crippen molar-refractivity contribution in [2.45, 2.75) is 77.7 Å². The molecule has 6 heteroatoms. The van der Waals surface area contributed by atoms with Crippen molar-refractivity contribution < 1.29 is 13.2 Å². The van der Waals surface area contributed by atoms with Crippen LogP contribution in [0.2, 0.25) is 0 Å². The van der Waals surface area contributed by atoms with Crippen molar-refractivity contribution >= 4 is 15.9 Å². The average molecular weight is 395 g/mol. The number of carbonyl (C=O) groups excluding carboxylic acids is 1. The predicted molar refractivity (Wildman–Crippen MR) is 109 cm³/mol. The van der Waals surface area contributed by atoms with E-state index in [0.717, 1.165) is 31.2 Å². The molecule has 0 aliphatic carbocycles. The van der Waals surface area contributed by atoms with Crippen molar-refractivity contribution in [1.82, 2.24) is 9.62 Å². The lowest BCUT2D eigenvalue weighted by atomic mass is 9.81. The second-order valence-electron chi connectivity index (χ2n) is 9.52. The van der Waals surface area contributed by atoms with Crippen LogP contribution in [0.5, 0.6) is 0 Å². The second-order valence-corrected chi connectivity index (χ2v) is 11.5. The number of carbonyl (C=O) groups is 1. The first-order valence-corrected chi connectivity index (χ1v) is 11.2. The zero-order chi connectivity index (χ0) is 20.5. The Bertz CT molecular complexity index is 786. The van der Waals surface area contributed by atoms with E-state index >= 15 is 0 Å². The summed E-state index contributed by atoms with van der Waals surface area (Å²) in [5.41, 5.74) is 0.890. The van der Waals surface area contributed by atoms with Crippen LogP contribution in [0.3, 0.4) is 0 Å². The number of rotatable bonds is 5. The summed E-state index contributed by atoms with van der Waals surface area (Å²) < 4.78 is 27.4. The molecule has 1 saturated heterocycles. The van der Waals surface area contributed by atoms with E-state index in [2.05, 4.69) is 26.1 Å².